The van der Waals surface area contributed by atoms with Gasteiger partial charge in [0.2, 0.25) is 10.0 Å². The standard InChI is InChI=1S/2C20H12O4.C18H14ClNO6S.C17H11BrO4.C16H9ClO5.C16H10O5/c21-19-16(12-14-7-2-4-10-17(14)23-19)20(22)24-18-11-5-8-13-6-1-3-9-15(13)18;21-19(17-12-15-7-3-4-8-18(15)24-20(17)22)23-16-10-9-13-5-1-2-6-14(13)11-16;1-27(23,24)20-10-11-5-6-16-12(7-11)8-15(18(22)26-16)17(21)25-14-4-2-3-13(19)9-14;18-10-11-6-7-15-12(8-11)9-14(17(20)22-15)16(19)21-13-4-2-1-3-5-13;17-12-3-1-2-4-14(12)22-16(20)11-8-9-7-10(18)5-6-13(9)21-15(11)19;17-11-6-7-14-10(8-11)9-13(16(19)21-14)15(18)20-12-4-2-1-3-5-12/h2*1-12H;2-9,20H,10H2,1H3;1-9H,10H2;1-8,18H;1-9,17H. The monoisotopic (exact) mass is 2000 g/mol. The minimum Gasteiger partial charge on any atom is -0.508 e. The van der Waals surface area contributed by atoms with E-state index in [4.69, 9.17) is 78.1 Å². The number of sulfonamides is 1. The number of hydrogen-bond acceptors (Lipinski definition) is 28. The molecular weight excluding hydrogens is 1930 g/mol. The van der Waals surface area contributed by atoms with Crippen molar-refractivity contribution in [2.75, 3.05) is 6.26 Å². The van der Waals surface area contributed by atoms with Crippen LogP contribution in [0.15, 0.2) is 407 Å². The first kappa shape index (κ1) is 96.8. The Hall–Kier alpha value is -17.8. The maximum Gasteiger partial charge on any atom is 0.351 e. The van der Waals surface area contributed by atoms with Gasteiger partial charge >= 0.3 is 69.6 Å². The van der Waals surface area contributed by atoms with Gasteiger partial charge in [0.15, 0.2) is 0 Å². The largest absolute Gasteiger partial charge is 0.508 e. The zero-order valence-corrected chi connectivity index (χ0v) is 76.4. The number of benzene rings is 14. The molecule has 6 aromatic heterocycles. The van der Waals surface area contributed by atoms with E-state index in [0.29, 0.717) is 88.0 Å². The summed E-state index contributed by atoms with van der Waals surface area (Å²) in [5.41, 5.74) is -1.95. The third kappa shape index (κ3) is 24.9. The molecule has 0 saturated heterocycles. The van der Waals surface area contributed by atoms with Crippen molar-refractivity contribution in [3.63, 3.8) is 0 Å². The van der Waals surface area contributed by atoms with Crippen LogP contribution in [0.2, 0.25) is 10.0 Å². The third-order valence-corrected chi connectivity index (χ3v) is 22.0. The third-order valence-electron chi connectivity index (χ3n) is 20.2. The molecule has 29 nitrogen and oxygen atoms in total. The predicted octanol–water partition coefficient (Wildman–Crippen LogP) is 21.0. The number of halogens is 3. The van der Waals surface area contributed by atoms with E-state index in [-0.39, 0.29) is 84.7 Å². The van der Waals surface area contributed by atoms with Crippen molar-refractivity contribution in [1.29, 1.82) is 0 Å². The Kier molecular flexibility index (Phi) is 30.5. The van der Waals surface area contributed by atoms with E-state index in [0.717, 1.165) is 33.4 Å². The molecule has 0 atom stereocenters. The van der Waals surface area contributed by atoms with Crippen LogP contribution in [0, 0.1) is 0 Å². The maximum atomic E-state index is 12.4. The normalized spacial score (nSPS) is 10.8. The average molecular weight is 2000 g/mol. The molecule has 0 aliphatic rings. The summed E-state index contributed by atoms with van der Waals surface area (Å²) in [4.78, 5) is 145. The quantitative estimate of drug-likeness (QED) is 0.0350. The Morgan fingerprint density at radius 2 is 0.621 bits per heavy atom. The SMILES string of the molecule is CS(=O)(=O)NCc1ccc2oc(=O)c(C(=O)Oc3cccc(Cl)c3)cc2c1.O=C(Oc1ccc2ccccc2c1)c1cc2ccccc2oc1=O.O=C(Oc1cccc2ccccc12)c1cc2ccccc2oc1=O.O=C(Oc1ccccc1)c1cc2cc(CBr)ccc2oc1=O.O=C(Oc1ccccc1)c1cc2cc(O)ccc2oc1=O.O=C(Oc1ccccc1Cl)c1cc2cc(O)ccc2oc1=O. The zero-order valence-electron chi connectivity index (χ0n) is 72.5. The highest BCUT2D eigenvalue weighted by Crippen LogP contribution is 2.31. The molecule has 0 saturated carbocycles. The van der Waals surface area contributed by atoms with Crippen molar-refractivity contribution in [2.24, 2.45) is 0 Å². The van der Waals surface area contributed by atoms with E-state index in [2.05, 4.69) is 20.7 Å². The van der Waals surface area contributed by atoms with Crippen molar-refractivity contribution in [3.05, 3.63) is 469 Å². The molecule has 6 heterocycles. The Morgan fingerprint density at radius 1 is 0.293 bits per heavy atom. The molecule has 33 heteroatoms. The fourth-order valence-corrected chi connectivity index (χ4v) is 14.6. The van der Waals surface area contributed by atoms with Gasteiger partial charge in [-0.3, -0.25) is 0 Å². The summed E-state index contributed by atoms with van der Waals surface area (Å²) in [7, 11) is -3.35. The second-order valence-corrected chi connectivity index (χ2v) is 33.3. The Bertz CT molecular complexity index is 8700. The van der Waals surface area contributed by atoms with Crippen LogP contribution in [-0.2, 0) is 21.9 Å². The lowest BCUT2D eigenvalue weighted by Crippen LogP contribution is -2.21. The molecule has 0 aliphatic carbocycles. The van der Waals surface area contributed by atoms with Gasteiger partial charge in [0.25, 0.3) is 0 Å². The van der Waals surface area contributed by atoms with Gasteiger partial charge in [-0.2, -0.15) is 0 Å². The van der Waals surface area contributed by atoms with Crippen molar-refractivity contribution in [2.45, 2.75) is 11.9 Å². The number of para-hydroxylation sites is 5. The van der Waals surface area contributed by atoms with E-state index in [1.165, 1.54) is 97.1 Å². The smallest absolute Gasteiger partial charge is 0.351 e. The Labute approximate surface area is 807 Å². The van der Waals surface area contributed by atoms with E-state index >= 15 is 0 Å². The summed E-state index contributed by atoms with van der Waals surface area (Å²) in [5, 5.41) is 27.3. The van der Waals surface area contributed by atoms with Crippen LogP contribution in [0.25, 0.3) is 87.4 Å². The van der Waals surface area contributed by atoms with E-state index in [1.807, 2.05) is 84.9 Å². The van der Waals surface area contributed by atoms with Gasteiger partial charge in [-0.05, 0) is 209 Å². The molecule has 696 valence electrons. The van der Waals surface area contributed by atoms with Gasteiger partial charge in [0, 0.05) is 54.6 Å². The molecule has 20 rings (SSSR count). The number of rotatable bonds is 16. The minimum atomic E-state index is -3.35. The van der Waals surface area contributed by atoms with Crippen molar-refractivity contribution >= 4 is 172 Å². The first-order chi connectivity index (χ1) is 67.5. The van der Waals surface area contributed by atoms with Gasteiger partial charge in [-0.15, -0.1) is 0 Å². The number of phenolic OH excluding ortho intramolecular Hbond substituents is 2. The molecule has 0 spiro atoms. The summed E-state index contributed by atoms with van der Waals surface area (Å²) < 4.78 is 86.9. The number of carbonyl (C=O) groups is 6. The van der Waals surface area contributed by atoms with Gasteiger partial charge in [0.05, 0.1) is 11.3 Å². The van der Waals surface area contributed by atoms with Crippen molar-refractivity contribution < 1.29 is 102 Å². The fourth-order valence-electron chi connectivity index (χ4n) is 13.5. The van der Waals surface area contributed by atoms with E-state index in [9.17, 15) is 76.2 Å². The summed E-state index contributed by atoms with van der Waals surface area (Å²) in [6, 6.07) is 96.8. The highest BCUT2D eigenvalue weighted by Gasteiger charge is 2.24. The molecule has 0 unspecified atom stereocenters. The molecule has 140 heavy (non-hydrogen) atoms. The predicted molar refractivity (Wildman–Crippen MR) is 526 cm³/mol. The molecule has 3 N–H and O–H groups in total. The molecule has 14 aromatic carbocycles. The van der Waals surface area contributed by atoms with Crippen LogP contribution in [0.4, 0.5) is 0 Å². The number of alkyl halides is 1. The minimum absolute atomic E-state index is 0.00762. The highest BCUT2D eigenvalue weighted by atomic mass is 79.9. The number of esters is 6. The summed E-state index contributed by atoms with van der Waals surface area (Å²) in [6.07, 6.45) is 1.05. The maximum absolute atomic E-state index is 12.4. The van der Waals surface area contributed by atoms with Crippen LogP contribution in [0.5, 0.6) is 46.0 Å². The molecule has 0 amide bonds. The summed E-state index contributed by atoms with van der Waals surface area (Å²) in [5.74, 6) is -2.93. The van der Waals surface area contributed by atoms with E-state index in [1.54, 1.807) is 170 Å². The topological polar surface area (TPSA) is 426 Å². The molecule has 0 aliphatic heterocycles. The lowest BCUT2D eigenvalue weighted by Gasteiger charge is -2.07. The molecule has 20 aromatic rings. The fraction of sp³-hybridized carbons (Fsp3) is 0.0280. The van der Waals surface area contributed by atoms with Crippen LogP contribution in [0.3, 0.4) is 0 Å². The molecule has 0 bridgehead atoms. The van der Waals surface area contributed by atoms with E-state index < -0.39 is 79.6 Å². The summed E-state index contributed by atoms with van der Waals surface area (Å²) >= 11 is 15.1. The van der Waals surface area contributed by atoms with Gasteiger partial charge in [-0.1, -0.05) is 209 Å². The van der Waals surface area contributed by atoms with Crippen LogP contribution in [-0.4, -0.2) is 60.7 Å². The van der Waals surface area contributed by atoms with Gasteiger partial charge in [-0.25, -0.2) is 70.7 Å². The number of fused-ring (bicyclic) bond motifs is 8. The number of aromatic hydroxyl groups is 2. The second-order valence-electron chi connectivity index (χ2n) is 30.0. The van der Waals surface area contributed by atoms with Crippen molar-refractivity contribution in [1.82, 2.24) is 4.72 Å². The molecule has 0 radical (unpaired) electrons. The van der Waals surface area contributed by atoms with Crippen LogP contribution >= 0.6 is 39.1 Å². The number of ether oxygens (including phenoxy) is 6. The average Bonchev–Trinajstić information content (AvgIpc) is 0.824. The zero-order chi connectivity index (χ0) is 98.7. The first-order valence-electron chi connectivity index (χ1n) is 41.6. The van der Waals surface area contributed by atoms with Gasteiger partial charge in [0.1, 0.15) is 113 Å². The van der Waals surface area contributed by atoms with Gasteiger partial charge < -0.3 is 65.1 Å². The number of hydrogen-bond donors (Lipinski definition) is 3. The first-order valence-corrected chi connectivity index (χ1v) is 45.4. The lowest BCUT2D eigenvalue weighted by molar-refractivity contribution is 0.0720. The number of nitrogens with one attached hydrogen (secondary N) is 1. The molecule has 0 fully saturated rings. The van der Waals surface area contributed by atoms with Crippen molar-refractivity contribution in [3.8, 4) is 46.0 Å². The van der Waals surface area contributed by atoms with Crippen LogP contribution < -0.4 is 66.9 Å². The number of phenols is 2. The highest BCUT2D eigenvalue weighted by molar-refractivity contribution is 9.08. The lowest BCUT2D eigenvalue weighted by atomic mass is 10.1. The Morgan fingerprint density at radius 3 is 1.08 bits per heavy atom. The van der Waals surface area contributed by atoms with Crippen LogP contribution in [0.1, 0.15) is 73.3 Å². The number of carbonyl (C=O) groups excluding carboxylic acids is 6. The Balaban J connectivity index is 0.000000127. The molecular formula is C107H68BrCl2NO28S. The summed E-state index contributed by atoms with van der Waals surface area (Å²) in [6.45, 7) is 0.0657. The second kappa shape index (κ2) is 44.2.